The molecule has 1 amide bonds. The Morgan fingerprint density at radius 3 is 2.00 bits per heavy atom. The number of hydrogen-bond donors (Lipinski definition) is 3. The number of likely N-dealkylation sites (N-methyl/N-ethyl adjacent to an activating group) is 1. The molecule has 0 aromatic rings. The number of nitrogens with one attached hydrogen (secondary N) is 2. The van der Waals surface area contributed by atoms with Crippen LogP contribution < -0.4 is 16.4 Å². The molecule has 0 saturated heterocycles. The molecule has 0 aliphatic heterocycles. The Labute approximate surface area is 124 Å². The fourth-order valence-electron chi connectivity index (χ4n) is 2.06. The first kappa shape index (κ1) is 19.2. The van der Waals surface area contributed by atoms with Gasteiger partial charge in [-0.2, -0.15) is 0 Å². The van der Waals surface area contributed by atoms with Gasteiger partial charge in [0.25, 0.3) is 0 Å². The summed E-state index contributed by atoms with van der Waals surface area (Å²) in [7, 11) is 0. The molecule has 0 radical (unpaired) electrons. The third kappa shape index (κ3) is 17.2. The van der Waals surface area contributed by atoms with Gasteiger partial charge in [0.15, 0.2) is 0 Å². The van der Waals surface area contributed by atoms with Gasteiger partial charge in [0.1, 0.15) is 0 Å². The van der Waals surface area contributed by atoms with E-state index in [9.17, 15) is 4.79 Å². The topological polar surface area (TPSA) is 76.4 Å². The highest BCUT2D eigenvalue weighted by Gasteiger charge is 1.95. The monoisotopic (exact) mass is 287 g/mol. The van der Waals surface area contributed by atoms with Gasteiger partial charge in [-0.3, -0.25) is 0 Å². The van der Waals surface area contributed by atoms with Crippen molar-refractivity contribution in [1.82, 2.24) is 10.6 Å². The van der Waals surface area contributed by atoms with Crippen molar-refractivity contribution in [1.29, 1.82) is 0 Å². The second-order valence-corrected chi connectivity index (χ2v) is 5.10. The third-order valence-electron chi connectivity index (χ3n) is 3.22. The lowest BCUT2D eigenvalue weighted by Gasteiger charge is -2.05. The Bertz CT molecular complexity index is 213. The van der Waals surface area contributed by atoms with Gasteiger partial charge in [0.05, 0.1) is 6.61 Å². The maximum Gasteiger partial charge on any atom is 0.404 e. The Kier molecular flexibility index (Phi) is 15.6. The first-order valence-electron chi connectivity index (χ1n) is 8.11. The number of primary amides is 1. The zero-order chi connectivity index (χ0) is 14.9. The summed E-state index contributed by atoms with van der Waals surface area (Å²) in [5.74, 6) is 0. The highest BCUT2D eigenvalue weighted by molar-refractivity contribution is 5.64. The highest BCUT2D eigenvalue weighted by atomic mass is 16.5. The number of hydrogen-bond acceptors (Lipinski definition) is 4. The van der Waals surface area contributed by atoms with E-state index >= 15 is 0 Å². The Balaban J connectivity index is 2.94. The van der Waals surface area contributed by atoms with Crippen LogP contribution in [0.1, 0.15) is 58.3 Å². The summed E-state index contributed by atoms with van der Waals surface area (Å²) >= 11 is 0. The van der Waals surface area contributed by atoms with Crippen LogP contribution in [0, 0.1) is 0 Å². The molecule has 20 heavy (non-hydrogen) atoms. The minimum Gasteiger partial charge on any atom is -0.450 e. The summed E-state index contributed by atoms with van der Waals surface area (Å²) in [6, 6.07) is 0. The number of carbonyl (C=O) groups excluding carboxylic acids is 1. The molecule has 0 atom stereocenters. The molecule has 0 spiro atoms. The first-order valence-corrected chi connectivity index (χ1v) is 8.11. The number of ether oxygens (including phenoxy) is 1. The summed E-state index contributed by atoms with van der Waals surface area (Å²) in [6.07, 6.45) is 9.13. The second kappa shape index (κ2) is 16.2. The Hall–Kier alpha value is -0.810. The maximum atomic E-state index is 10.3. The van der Waals surface area contributed by atoms with Crippen molar-refractivity contribution in [3.63, 3.8) is 0 Å². The van der Waals surface area contributed by atoms with Crippen LogP contribution >= 0.6 is 0 Å². The van der Waals surface area contributed by atoms with Gasteiger partial charge in [-0.1, -0.05) is 45.4 Å². The van der Waals surface area contributed by atoms with E-state index in [4.69, 9.17) is 5.73 Å². The maximum absolute atomic E-state index is 10.3. The van der Waals surface area contributed by atoms with Gasteiger partial charge >= 0.3 is 6.09 Å². The molecule has 0 aromatic heterocycles. The van der Waals surface area contributed by atoms with Crippen molar-refractivity contribution in [2.45, 2.75) is 58.3 Å². The van der Waals surface area contributed by atoms with Gasteiger partial charge in [-0.25, -0.2) is 4.79 Å². The van der Waals surface area contributed by atoms with E-state index in [-0.39, 0.29) is 0 Å². The van der Waals surface area contributed by atoms with E-state index in [1.165, 1.54) is 38.5 Å². The van der Waals surface area contributed by atoms with Crippen molar-refractivity contribution in [3.8, 4) is 0 Å². The van der Waals surface area contributed by atoms with E-state index in [0.717, 1.165) is 39.0 Å². The van der Waals surface area contributed by atoms with Gasteiger partial charge in [0, 0.05) is 13.1 Å². The first-order chi connectivity index (χ1) is 9.77. The van der Waals surface area contributed by atoms with Crippen molar-refractivity contribution in [3.05, 3.63) is 0 Å². The Morgan fingerprint density at radius 1 is 0.850 bits per heavy atom. The van der Waals surface area contributed by atoms with Crippen LogP contribution in [-0.2, 0) is 4.74 Å². The lowest BCUT2D eigenvalue weighted by Crippen LogP contribution is -2.27. The van der Waals surface area contributed by atoms with Gasteiger partial charge in [0.2, 0.25) is 0 Å². The molecule has 0 unspecified atom stereocenters. The highest BCUT2D eigenvalue weighted by Crippen LogP contribution is 2.08. The predicted octanol–water partition coefficient (Wildman–Crippen LogP) is 2.40. The van der Waals surface area contributed by atoms with Crippen LogP contribution in [0.15, 0.2) is 0 Å². The summed E-state index contributed by atoms with van der Waals surface area (Å²) in [5.41, 5.74) is 4.88. The van der Waals surface area contributed by atoms with Crippen LogP contribution in [0.5, 0.6) is 0 Å². The van der Waals surface area contributed by atoms with Crippen LogP contribution in [0.25, 0.3) is 0 Å². The molecular formula is C15H33N3O2. The number of carbonyl (C=O) groups is 1. The predicted molar refractivity (Wildman–Crippen MR) is 83.9 cm³/mol. The molecule has 5 nitrogen and oxygen atoms in total. The minimum absolute atomic E-state index is 0.466. The third-order valence-corrected chi connectivity index (χ3v) is 3.22. The smallest absolute Gasteiger partial charge is 0.404 e. The second-order valence-electron chi connectivity index (χ2n) is 5.10. The largest absolute Gasteiger partial charge is 0.450 e. The molecule has 0 fully saturated rings. The lowest BCUT2D eigenvalue weighted by atomic mass is 10.1. The van der Waals surface area contributed by atoms with Crippen LogP contribution in [0.2, 0.25) is 0 Å². The minimum atomic E-state index is -0.663. The average molecular weight is 287 g/mol. The van der Waals surface area contributed by atoms with E-state index < -0.39 is 6.09 Å². The number of rotatable bonds is 15. The van der Waals surface area contributed by atoms with Crippen molar-refractivity contribution < 1.29 is 9.53 Å². The van der Waals surface area contributed by atoms with Crippen molar-refractivity contribution in [2.24, 2.45) is 5.73 Å². The standard InChI is InChI=1S/C15H33N3O2/c1-2-17-12-13-18-11-9-7-5-3-4-6-8-10-14-20-15(16)19/h17-18H,2-14H2,1H3,(H2,16,19). The molecule has 0 rings (SSSR count). The van der Waals surface area contributed by atoms with E-state index in [0.29, 0.717) is 6.61 Å². The van der Waals surface area contributed by atoms with E-state index in [2.05, 4.69) is 22.3 Å². The van der Waals surface area contributed by atoms with Crippen LogP contribution in [0.4, 0.5) is 4.79 Å². The molecule has 0 aromatic carbocycles. The van der Waals surface area contributed by atoms with Crippen molar-refractivity contribution in [2.75, 3.05) is 32.8 Å². The quantitative estimate of drug-likeness (QED) is 0.404. The molecule has 0 bridgehead atoms. The number of amides is 1. The van der Waals surface area contributed by atoms with Gasteiger partial charge in [-0.15, -0.1) is 0 Å². The fourth-order valence-corrected chi connectivity index (χ4v) is 2.06. The van der Waals surface area contributed by atoms with Crippen LogP contribution in [-0.4, -0.2) is 38.9 Å². The zero-order valence-corrected chi connectivity index (χ0v) is 13.1. The molecule has 0 aliphatic carbocycles. The van der Waals surface area contributed by atoms with Gasteiger partial charge < -0.3 is 21.1 Å². The molecule has 4 N–H and O–H groups in total. The average Bonchev–Trinajstić information content (AvgIpc) is 2.43. The summed E-state index contributed by atoms with van der Waals surface area (Å²) in [5, 5.41) is 6.74. The summed E-state index contributed by atoms with van der Waals surface area (Å²) < 4.78 is 4.68. The summed E-state index contributed by atoms with van der Waals surface area (Å²) in [4.78, 5) is 10.3. The van der Waals surface area contributed by atoms with E-state index in [1.807, 2.05) is 0 Å². The summed E-state index contributed by atoms with van der Waals surface area (Å²) in [6.45, 7) is 6.92. The molecule has 120 valence electrons. The lowest BCUT2D eigenvalue weighted by molar-refractivity contribution is 0.154. The fraction of sp³-hybridized carbons (Fsp3) is 0.933. The Morgan fingerprint density at radius 2 is 1.40 bits per heavy atom. The number of nitrogens with two attached hydrogens (primary N) is 1. The molecule has 0 heterocycles. The number of unbranched alkanes of at least 4 members (excludes halogenated alkanes) is 7. The molecule has 0 aliphatic rings. The molecular weight excluding hydrogens is 254 g/mol. The van der Waals surface area contributed by atoms with E-state index in [1.54, 1.807) is 0 Å². The SMILES string of the molecule is CCNCCNCCCCCCCCCCOC(N)=O. The van der Waals surface area contributed by atoms with Crippen molar-refractivity contribution >= 4 is 6.09 Å². The normalized spacial score (nSPS) is 10.7. The molecule has 0 saturated carbocycles. The van der Waals surface area contributed by atoms with Gasteiger partial charge in [-0.05, 0) is 25.9 Å². The zero-order valence-electron chi connectivity index (χ0n) is 13.1. The van der Waals surface area contributed by atoms with Crippen LogP contribution in [0.3, 0.4) is 0 Å². The molecule has 5 heteroatoms.